The Morgan fingerprint density at radius 3 is 3.12 bits per heavy atom. The number of thiazole rings is 2. The van der Waals surface area contributed by atoms with Crippen molar-refractivity contribution in [1.82, 2.24) is 15.0 Å². The summed E-state index contributed by atoms with van der Waals surface area (Å²) < 4.78 is 5.60. The zero-order chi connectivity index (χ0) is 16.4. The third-order valence-electron chi connectivity index (χ3n) is 3.63. The predicted molar refractivity (Wildman–Crippen MR) is 93.3 cm³/mol. The van der Waals surface area contributed by atoms with Gasteiger partial charge in [0.2, 0.25) is 0 Å². The van der Waals surface area contributed by atoms with Crippen LogP contribution in [0.25, 0.3) is 11.3 Å². The van der Waals surface area contributed by atoms with E-state index in [9.17, 15) is 4.79 Å². The van der Waals surface area contributed by atoms with Gasteiger partial charge in [0, 0.05) is 29.9 Å². The summed E-state index contributed by atoms with van der Waals surface area (Å²) in [5, 5.41) is 6.16. The molecule has 8 heteroatoms. The van der Waals surface area contributed by atoms with Crippen LogP contribution >= 0.6 is 22.7 Å². The first-order chi connectivity index (χ1) is 11.8. The predicted octanol–water partition coefficient (Wildman–Crippen LogP) is 3.77. The average molecular weight is 358 g/mol. The highest BCUT2D eigenvalue weighted by molar-refractivity contribution is 7.15. The lowest BCUT2D eigenvalue weighted by atomic mass is 10.2. The molecule has 4 rings (SSSR count). The second kappa shape index (κ2) is 6.76. The molecule has 1 atom stereocenters. The lowest BCUT2D eigenvalue weighted by Gasteiger charge is -2.03. The van der Waals surface area contributed by atoms with Crippen molar-refractivity contribution in [3.8, 4) is 11.3 Å². The summed E-state index contributed by atoms with van der Waals surface area (Å²) >= 11 is 2.77. The molecule has 0 aliphatic carbocycles. The summed E-state index contributed by atoms with van der Waals surface area (Å²) in [7, 11) is 0. The number of carbonyl (C=O) groups excluding carboxylic acids is 1. The SMILES string of the molecule is O=C(Nc1nc(-c2cccnc2)cs1)c1cnc(C2CCCO2)s1. The van der Waals surface area contributed by atoms with Crippen LogP contribution in [0.15, 0.2) is 36.1 Å². The van der Waals surface area contributed by atoms with Gasteiger partial charge in [-0.2, -0.15) is 0 Å². The molecule has 0 saturated carbocycles. The van der Waals surface area contributed by atoms with E-state index in [1.54, 1.807) is 18.6 Å². The summed E-state index contributed by atoms with van der Waals surface area (Å²) in [4.78, 5) is 25.8. The fraction of sp³-hybridized carbons (Fsp3) is 0.250. The van der Waals surface area contributed by atoms with Crippen molar-refractivity contribution in [3.05, 3.63) is 46.0 Å². The number of amides is 1. The van der Waals surface area contributed by atoms with Gasteiger partial charge in [0.1, 0.15) is 16.0 Å². The van der Waals surface area contributed by atoms with Crippen molar-refractivity contribution in [1.29, 1.82) is 0 Å². The van der Waals surface area contributed by atoms with Gasteiger partial charge in [0.05, 0.1) is 11.9 Å². The average Bonchev–Trinajstić information content (AvgIpc) is 3.36. The van der Waals surface area contributed by atoms with E-state index in [1.807, 2.05) is 17.5 Å². The summed E-state index contributed by atoms with van der Waals surface area (Å²) in [5.74, 6) is -0.191. The van der Waals surface area contributed by atoms with Gasteiger partial charge in [0.15, 0.2) is 5.13 Å². The molecule has 122 valence electrons. The van der Waals surface area contributed by atoms with Gasteiger partial charge in [-0.1, -0.05) is 0 Å². The van der Waals surface area contributed by atoms with Crippen LogP contribution in [0.2, 0.25) is 0 Å². The van der Waals surface area contributed by atoms with Crippen LogP contribution in [0.1, 0.15) is 33.6 Å². The summed E-state index contributed by atoms with van der Waals surface area (Å²) in [5.41, 5.74) is 1.72. The lowest BCUT2D eigenvalue weighted by Crippen LogP contribution is -2.09. The maximum absolute atomic E-state index is 12.4. The molecule has 1 N–H and O–H groups in total. The Balaban J connectivity index is 1.45. The Morgan fingerprint density at radius 1 is 1.38 bits per heavy atom. The summed E-state index contributed by atoms with van der Waals surface area (Å²) in [6.07, 6.45) is 7.12. The number of hydrogen-bond donors (Lipinski definition) is 1. The fourth-order valence-electron chi connectivity index (χ4n) is 2.45. The molecule has 1 saturated heterocycles. The molecule has 1 aliphatic heterocycles. The number of carbonyl (C=O) groups is 1. The molecular formula is C16H14N4O2S2. The van der Waals surface area contributed by atoms with Crippen molar-refractivity contribution in [2.45, 2.75) is 18.9 Å². The van der Waals surface area contributed by atoms with E-state index in [2.05, 4.69) is 20.3 Å². The number of aromatic nitrogens is 3. The van der Waals surface area contributed by atoms with Gasteiger partial charge >= 0.3 is 0 Å². The zero-order valence-corrected chi connectivity index (χ0v) is 14.3. The summed E-state index contributed by atoms with van der Waals surface area (Å²) in [6.45, 7) is 0.766. The van der Waals surface area contributed by atoms with Crippen LogP contribution in [0.5, 0.6) is 0 Å². The molecule has 0 radical (unpaired) electrons. The van der Waals surface area contributed by atoms with Crippen LogP contribution in [0.4, 0.5) is 5.13 Å². The topological polar surface area (TPSA) is 77.0 Å². The van der Waals surface area contributed by atoms with Gasteiger partial charge in [-0.3, -0.25) is 15.1 Å². The molecular weight excluding hydrogens is 344 g/mol. The summed E-state index contributed by atoms with van der Waals surface area (Å²) in [6, 6.07) is 3.79. The number of nitrogens with zero attached hydrogens (tertiary/aromatic N) is 3. The van der Waals surface area contributed by atoms with Crippen molar-refractivity contribution in [2.75, 3.05) is 11.9 Å². The van der Waals surface area contributed by atoms with Crippen LogP contribution < -0.4 is 5.32 Å². The van der Waals surface area contributed by atoms with Crippen molar-refractivity contribution >= 4 is 33.7 Å². The highest BCUT2D eigenvalue weighted by Gasteiger charge is 2.22. The minimum Gasteiger partial charge on any atom is -0.371 e. The Morgan fingerprint density at radius 2 is 2.33 bits per heavy atom. The molecule has 3 aromatic rings. The second-order valence-corrected chi connectivity index (χ2v) is 7.22. The molecule has 0 spiro atoms. The number of rotatable bonds is 4. The number of hydrogen-bond acceptors (Lipinski definition) is 7. The van der Waals surface area contributed by atoms with Crippen molar-refractivity contribution in [3.63, 3.8) is 0 Å². The zero-order valence-electron chi connectivity index (χ0n) is 12.6. The Kier molecular flexibility index (Phi) is 4.33. The number of ether oxygens (including phenoxy) is 1. The van der Waals surface area contributed by atoms with Gasteiger partial charge in [-0.05, 0) is 25.0 Å². The Labute approximate surface area is 146 Å². The normalized spacial score (nSPS) is 17.1. The molecule has 6 nitrogen and oxygen atoms in total. The minimum absolute atomic E-state index is 0.0357. The van der Waals surface area contributed by atoms with E-state index >= 15 is 0 Å². The lowest BCUT2D eigenvalue weighted by molar-refractivity contribution is 0.103. The Hall–Kier alpha value is -2.16. The van der Waals surface area contributed by atoms with E-state index in [1.165, 1.54) is 22.7 Å². The maximum atomic E-state index is 12.4. The molecule has 0 bridgehead atoms. The molecule has 0 aromatic carbocycles. The van der Waals surface area contributed by atoms with Gasteiger partial charge < -0.3 is 4.74 Å². The van der Waals surface area contributed by atoms with E-state index in [0.29, 0.717) is 10.0 Å². The number of anilines is 1. The van der Waals surface area contributed by atoms with Crippen LogP contribution in [0, 0.1) is 0 Å². The third kappa shape index (κ3) is 3.21. The standard InChI is InChI=1S/C16H14N4O2S2/c21-14(13-8-18-15(24-13)12-4-2-6-22-12)20-16-19-11(9-23-16)10-3-1-5-17-7-10/h1,3,5,7-9,12H,2,4,6H2,(H,19,20,21). The van der Waals surface area contributed by atoms with E-state index in [-0.39, 0.29) is 12.0 Å². The Bertz CT molecular complexity index is 841. The number of pyridine rings is 1. The van der Waals surface area contributed by atoms with E-state index in [4.69, 9.17) is 4.74 Å². The van der Waals surface area contributed by atoms with E-state index in [0.717, 1.165) is 35.7 Å². The quantitative estimate of drug-likeness (QED) is 0.768. The van der Waals surface area contributed by atoms with Gasteiger partial charge in [-0.15, -0.1) is 22.7 Å². The van der Waals surface area contributed by atoms with Crippen LogP contribution in [-0.4, -0.2) is 27.5 Å². The largest absolute Gasteiger partial charge is 0.371 e. The molecule has 1 fully saturated rings. The first-order valence-corrected chi connectivity index (χ1v) is 9.24. The molecule has 1 aliphatic rings. The first-order valence-electron chi connectivity index (χ1n) is 7.54. The first kappa shape index (κ1) is 15.4. The van der Waals surface area contributed by atoms with Crippen LogP contribution in [0.3, 0.4) is 0 Å². The van der Waals surface area contributed by atoms with Gasteiger partial charge in [0.25, 0.3) is 5.91 Å². The van der Waals surface area contributed by atoms with Gasteiger partial charge in [-0.25, -0.2) is 9.97 Å². The van der Waals surface area contributed by atoms with Crippen LogP contribution in [-0.2, 0) is 4.74 Å². The highest BCUT2D eigenvalue weighted by atomic mass is 32.1. The molecule has 24 heavy (non-hydrogen) atoms. The van der Waals surface area contributed by atoms with Crippen molar-refractivity contribution < 1.29 is 9.53 Å². The smallest absolute Gasteiger partial charge is 0.269 e. The maximum Gasteiger partial charge on any atom is 0.269 e. The fourth-order valence-corrected chi connectivity index (χ4v) is 4.06. The third-order valence-corrected chi connectivity index (χ3v) is 5.48. The highest BCUT2D eigenvalue weighted by Crippen LogP contribution is 2.32. The second-order valence-electron chi connectivity index (χ2n) is 5.30. The molecule has 3 aromatic heterocycles. The molecule has 1 unspecified atom stereocenters. The van der Waals surface area contributed by atoms with E-state index < -0.39 is 0 Å². The monoisotopic (exact) mass is 358 g/mol. The molecule has 1 amide bonds. The number of nitrogens with one attached hydrogen (secondary N) is 1. The van der Waals surface area contributed by atoms with Crippen molar-refractivity contribution in [2.24, 2.45) is 0 Å². The minimum atomic E-state index is -0.191. The molecule has 4 heterocycles.